The molecule has 7 N–H and O–H groups in total. The molecule has 0 radical (unpaired) electrons. The summed E-state index contributed by atoms with van der Waals surface area (Å²) in [5, 5.41) is 72.2. The van der Waals surface area contributed by atoms with Gasteiger partial charge in [-0.15, -0.1) is 0 Å². The minimum atomic E-state index is -1.70. The normalized spacial score (nSPS) is 40.3. The molecule has 0 amide bonds. The Labute approximate surface area is 250 Å². The molecule has 2 aliphatic heterocycles. The van der Waals surface area contributed by atoms with Crippen molar-refractivity contribution >= 4 is 0 Å². The van der Waals surface area contributed by atoms with Crippen LogP contribution in [0.25, 0.3) is 0 Å². The van der Waals surface area contributed by atoms with Crippen LogP contribution in [0, 0.1) is 0 Å². The van der Waals surface area contributed by atoms with Gasteiger partial charge in [-0.05, 0) is 55.0 Å². The zero-order valence-corrected chi connectivity index (χ0v) is 24.2. The third kappa shape index (κ3) is 5.24. The summed E-state index contributed by atoms with van der Waals surface area (Å²) in [7, 11) is 1.80. The number of aliphatic hydroxyl groups is 7. The fourth-order valence-corrected chi connectivity index (χ4v) is 7.84. The highest BCUT2D eigenvalue weighted by molar-refractivity contribution is 5.58. The summed E-state index contributed by atoms with van der Waals surface area (Å²) < 4.78 is 17.1. The van der Waals surface area contributed by atoms with E-state index in [2.05, 4.69) is 48.5 Å². The van der Waals surface area contributed by atoms with E-state index in [4.69, 9.17) is 14.2 Å². The maximum Gasteiger partial charge on any atom is 0.187 e. The molecule has 2 bridgehead atoms. The van der Waals surface area contributed by atoms with Gasteiger partial charge in [-0.1, -0.05) is 48.5 Å². The van der Waals surface area contributed by atoms with Crippen molar-refractivity contribution in [3.05, 3.63) is 70.8 Å². The Hall–Kier alpha value is -2.00. The Morgan fingerprint density at radius 1 is 0.791 bits per heavy atom. The van der Waals surface area contributed by atoms with Crippen molar-refractivity contribution in [2.24, 2.45) is 0 Å². The Morgan fingerprint density at radius 2 is 1.42 bits per heavy atom. The molecule has 43 heavy (non-hydrogen) atoms. The monoisotopic (exact) mass is 601 g/mol. The lowest BCUT2D eigenvalue weighted by atomic mass is 9.54. The highest BCUT2D eigenvalue weighted by Crippen LogP contribution is 2.58. The molecule has 3 aliphatic carbocycles. The number of fused-ring (bicyclic) bond motifs is 1. The van der Waals surface area contributed by atoms with Crippen LogP contribution >= 0.6 is 0 Å². The van der Waals surface area contributed by atoms with Crippen LogP contribution in [-0.4, -0.2) is 129 Å². The standard InChI is InChI=1S/C32H43NO10/c1-33(14-6-12-32-13-11-17(18-7-2-4-9-20(18)32)19-8-3-5-10-21(19)32)30-27(39)26(38)29(23(16-35)41-30)43-31-28(40)25(37)24(36)22(15-34)42-31/h2-5,7-10,17,22-31,34-40H,6,11-16H2,1H3/t17?,22?,23?,24-,25?,26?,27?,28?,29+,30+,31-,32?/m0/s1. The van der Waals surface area contributed by atoms with Gasteiger partial charge in [0.05, 0.1) is 13.2 Å². The summed E-state index contributed by atoms with van der Waals surface area (Å²) in [6.45, 7) is -0.652. The van der Waals surface area contributed by atoms with Crippen LogP contribution in [0.1, 0.15) is 53.9 Å². The van der Waals surface area contributed by atoms with E-state index >= 15 is 0 Å². The quantitative estimate of drug-likeness (QED) is 0.198. The number of aliphatic hydroxyl groups excluding tert-OH is 7. The smallest absolute Gasteiger partial charge is 0.187 e. The molecule has 10 atom stereocenters. The van der Waals surface area contributed by atoms with Gasteiger partial charge in [0.25, 0.3) is 0 Å². The molecule has 5 aliphatic rings. The molecule has 236 valence electrons. The first-order valence-electron chi connectivity index (χ1n) is 15.2. The summed E-state index contributed by atoms with van der Waals surface area (Å²) in [5.41, 5.74) is 5.51. The Morgan fingerprint density at radius 3 is 2.05 bits per heavy atom. The molecule has 0 saturated carbocycles. The van der Waals surface area contributed by atoms with Gasteiger partial charge < -0.3 is 50.0 Å². The fourth-order valence-electron chi connectivity index (χ4n) is 7.84. The zero-order chi connectivity index (χ0) is 30.5. The summed E-state index contributed by atoms with van der Waals surface area (Å²) >= 11 is 0. The van der Waals surface area contributed by atoms with Crippen molar-refractivity contribution in [2.45, 2.75) is 98.4 Å². The predicted octanol–water partition coefficient (Wildman–Crippen LogP) is -0.452. The first-order valence-corrected chi connectivity index (χ1v) is 15.2. The van der Waals surface area contributed by atoms with Crippen molar-refractivity contribution in [1.29, 1.82) is 0 Å². The van der Waals surface area contributed by atoms with E-state index in [1.54, 1.807) is 7.05 Å². The van der Waals surface area contributed by atoms with Crippen molar-refractivity contribution in [1.82, 2.24) is 4.90 Å². The number of rotatable bonds is 9. The SMILES string of the molecule is CN(CCCC12CCC(c3ccccc31)c1ccccc12)[C@@H]1OC(CO)[C@@H](O[C@@H]2OC(CO)[C@H](O)C(O)C2O)C(O)C1O. The number of ether oxygens (including phenoxy) is 3. The molecular weight excluding hydrogens is 558 g/mol. The number of likely N-dealkylation sites (N-methyl/N-ethyl adjacent to an activating group) is 1. The fraction of sp³-hybridized carbons (Fsp3) is 0.625. The van der Waals surface area contributed by atoms with Gasteiger partial charge in [-0.3, -0.25) is 4.90 Å². The van der Waals surface area contributed by atoms with E-state index in [-0.39, 0.29) is 5.41 Å². The average molecular weight is 602 g/mol. The molecule has 2 saturated heterocycles. The van der Waals surface area contributed by atoms with E-state index in [1.807, 2.05) is 4.90 Å². The third-order valence-electron chi connectivity index (χ3n) is 10.1. The molecule has 2 aromatic carbocycles. The Kier molecular flexibility index (Phi) is 8.95. The number of hydrogen-bond donors (Lipinski definition) is 7. The second kappa shape index (κ2) is 12.4. The second-order valence-corrected chi connectivity index (χ2v) is 12.5. The first-order chi connectivity index (χ1) is 20.7. The van der Waals surface area contributed by atoms with Gasteiger partial charge in [-0.2, -0.15) is 0 Å². The average Bonchev–Trinajstić information content (AvgIpc) is 3.03. The largest absolute Gasteiger partial charge is 0.394 e. The van der Waals surface area contributed by atoms with Crippen molar-refractivity contribution in [3.63, 3.8) is 0 Å². The number of nitrogens with zero attached hydrogens (tertiary/aromatic N) is 1. The highest BCUT2D eigenvalue weighted by atomic mass is 16.7. The molecular formula is C32H43NO10. The second-order valence-electron chi connectivity index (χ2n) is 12.5. The highest BCUT2D eigenvalue weighted by Gasteiger charge is 2.51. The van der Waals surface area contributed by atoms with E-state index in [1.165, 1.54) is 22.3 Å². The van der Waals surface area contributed by atoms with Gasteiger partial charge >= 0.3 is 0 Å². The van der Waals surface area contributed by atoms with Crippen LogP contribution in [0.3, 0.4) is 0 Å². The van der Waals surface area contributed by atoms with E-state index < -0.39 is 74.6 Å². The third-order valence-corrected chi connectivity index (χ3v) is 10.1. The van der Waals surface area contributed by atoms with Crippen LogP contribution in [0.15, 0.2) is 48.5 Å². The lowest BCUT2D eigenvalue weighted by Gasteiger charge is -2.50. The molecule has 2 fully saturated rings. The summed E-state index contributed by atoms with van der Waals surface area (Å²) in [5.74, 6) is 0.429. The minimum Gasteiger partial charge on any atom is -0.394 e. The molecule has 7 rings (SSSR count). The summed E-state index contributed by atoms with van der Waals surface area (Å²) in [4.78, 5) is 1.82. The van der Waals surface area contributed by atoms with Crippen LogP contribution < -0.4 is 0 Å². The Bertz CT molecular complexity index is 1210. The molecule has 2 aromatic rings. The van der Waals surface area contributed by atoms with Crippen LogP contribution in [0.2, 0.25) is 0 Å². The van der Waals surface area contributed by atoms with Gasteiger partial charge in [0.2, 0.25) is 0 Å². The minimum absolute atomic E-state index is 0.0910. The van der Waals surface area contributed by atoms with Gasteiger partial charge in [0, 0.05) is 17.9 Å². The molecule has 0 spiro atoms. The van der Waals surface area contributed by atoms with Crippen LogP contribution in [-0.2, 0) is 19.6 Å². The predicted molar refractivity (Wildman–Crippen MR) is 153 cm³/mol. The lowest BCUT2D eigenvalue weighted by Crippen LogP contribution is -2.66. The molecule has 6 unspecified atom stereocenters. The van der Waals surface area contributed by atoms with Crippen molar-refractivity contribution < 1.29 is 50.0 Å². The lowest BCUT2D eigenvalue weighted by molar-refractivity contribution is -0.348. The number of benzene rings is 2. The number of hydrogen-bond acceptors (Lipinski definition) is 11. The van der Waals surface area contributed by atoms with E-state index in [0.717, 1.165) is 25.7 Å². The summed E-state index contributed by atoms with van der Waals surface area (Å²) in [6, 6.07) is 17.5. The van der Waals surface area contributed by atoms with Gasteiger partial charge in [0.1, 0.15) is 55.1 Å². The zero-order valence-electron chi connectivity index (χ0n) is 24.2. The molecule has 11 nitrogen and oxygen atoms in total. The Balaban J connectivity index is 1.13. The maximum atomic E-state index is 11.1. The van der Waals surface area contributed by atoms with Gasteiger partial charge in [0.15, 0.2) is 6.29 Å². The molecule has 0 aromatic heterocycles. The maximum absolute atomic E-state index is 11.1. The van der Waals surface area contributed by atoms with Crippen LogP contribution in [0.5, 0.6) is 0 Å². The van der Waals surface area contributed by atoms with E-state index in [0.29, 0.717) is 12.5 Å². The van der Waals surface area contributed by atoms with Gasteiger partial charge in [-0.25, -0.2) is 0 Å². The summed E-state index contributed by atoms with van der Waals surface area (Å²) in [6.07, 6.45) is -10.2. The van der Waals surface area contributed by atoms with E-state index in [9.17, 15) is 35.7 Å². The first kappa shape index (κ1) is 31.0. The van der Waals surface area contributed by atoms with Crippen molar-refractivity contribution in [3.8, 4) is 0 Å². The molecule has 11 heteroatoms. The van der Waals surface area contributed by atoms with Crippen LogP contribution in [0.4, 0.5) is 0 Å². The van der Waals surface area contributed by atoms with Crippen molar-refractivity contribution in [2.75, 3.05) is 26.8 Å². The molecule has 2 heterocycles. The topological polar surface area (TPSA) is 173 Å².